The van der Waals surface area contributed by atoms with Crippen molar-refractivity contribution in [2.45, 2.75) is 18.9 Å². The maximum Gasteiger partial charge on any atom is 0.0665 e. The van der Waals surface area contributed by atoms with Crippen molar-refractivity contribution in [1.29, 1.82) is 0 Å². The highest BCUT2D eigenvalue weighted by Gasteiger charge is 2.33. The summed E-state index contributed by atoms with van der Waals surface area (Å²) in [7, 11) is 4.08. The standard InChI is InChI=1S/C16H27N3O/c1-16(13-20,19-11-4-9-17-10-12-19)14-5-7-15(8-6-14)18(2)3/h5-8,17,20H,4,9-13H2,1-3H3. The van der Waals surface area contributed by atoms with Gasteiger partial charge >= 0.3 is 0 Å². The minimum atomic E-state index is -0.295. The van der Waals surface area contributed by atoms with Crippen molar-refractivity contribution in [3.8, 4) is 0 Å². The van der Waals surface area contributed by atoms with Crippen LogP contribution in [0.2, 0.25) is 0 Å². The molecule has 1 aliphatic heterocycles. The molecule has 4 nitrogen and oxygen atoms in total. The Morgan fingerprint density at radius 2 is 1.90 bits per heavy atom. The molecule has 112 valence electrons. The average molecular weight is 277 g/mol. The molecule has 1 fully saturated rings. The molecule has 0 bridgehead atoms. The predicted molar refractivity (Wildman–Crippen MR) is 84.3 cm³/mol. The SMILES string of the molecule is CN(C)c1ccc(C(C)(CO)N2CCCNCC2)cc1. The second kappa shape index (κ2) is 6.57. The number of hydrogen-bond acceptors (Lipinski definition) is 4. The van der Waals surface area contributed by atoms with Crippen LogP contribution in [0, 0.1) is 0 Å². The van der Waals surface area contributed by atoms with Gasteiger partial charge in [-0.3, -0.25) is 4.90 Å². The maximum absolute atomic E-state index is 9.99. The highest BCUT2D eigenvalue weighted by atomic mass is 16.3. The van der Waals surface area contributed by atoms with Crippen molar-refractivity contribution in [3.63, 3.8) is 0 Å². The number of rotatable bonds is 4. The highest BCUT2D eigenvalue weighted by Crippen LogP contribution is 2.29. The summed E-state index contributed by atoms with van der Waals surface area (Å²) in [5.74, 6) is 0. The summed E-state index contributed by atoms with van der Waals surface area (Å²) >= 11 is 0. The third-order valence-electron chi connectivity index (χ3n) is 4.35. The Kier molecular flexibility index (Phi) is 5.02. The van der Waals surface area contributed by atoms with Crippen LogP contribution in [-0.2, 0) is 5.54 Å². The average Bonchev–Trinajstić information content (AvgIpc) is 2.76. The van der Waals surface area contributed by atoms with Crippen molar-refractivity contribution < 1.29 is 5.11 Å². The fourth-order valence-corrected chi connectivity index (χ4v) is 2.83. The van der Waals surface area contributed by atoms with E-state index in [-0.39, 0.29) is 12.1 Å². The molecule has 2 rings (SSSR count). The Labute approximate surface area is 122 Å². The Morgan fingerprint density at radius 3 is 2.50 bits per heavy atom. The maximum atomic E-state index is 9.99. The molecule has 4 heteroatoms. The molecule has 0 amide bonds. The van der Waals surface area contributed by atoms with Crippen LogP contribution in [0.1, 0.15) is 18.9 Å². The van der Waals surface area contributed by atoms with E-state index in [1.165, 1.54) is 11.3 Å². The van der Waals surface area contributed by atoms with Gasteiger partial charge in [-0.1, -0.05) is 12.1 Å². The molecule has 1 aromatic rings. The first-order valence-corrected chi connectivity index (χ1v) is 7.42. The Morgan fingerprint density at radius 1 is 1.20 bits per heavy atom. The summed E-state index contributed by atoms with van der Waals surface area (Å²) in [5, 5.41) is 13.4. The van der Waals surface area contributed by atoms with E-state index >= 15 is 0 Å². The van der Waals surface area contributed by atoms with Crippen LogP contribution in [0.5, 0.6) is 0 Å². The summed E-state index contributed by atoms with van der Waals surface area (Å²) in [4.78, 5) is 4.49. The second-order valence-electron chi connectivity index (χ2n) is 5.96. The zero-order valence-electron chi connectivity index (χ0n) is 12.9. The minimum Gasteiger partial charge on any atom is -0.394 e. The van der Waals surface area contributed by atoms with Crippen molar-refractivity contribution in [2.24, 2.45) is 0 Å². The molecule has 0 saturated carbocycles. The number of aliphatic hydroxyl groups is 1. The molecular formula is C16H27N3O. The third-order valence-corrected chi connectivity index (χ3v) is 4.35. The Bertz CT molecular complexity index is 410. The monoisotopic (exact) mass is 277 g/mol. The molecule has 1 atom stereocenters. The molecule has 1 aliphatic rings. The quantitative estimate of drug-likeness (QED) is 0.869. The molecule has 0 spiro atoms. The summed E-state index contributed by atoms with van der Waals surface area (Å²) in [6.07, 6.45) is 1.13. The van der Waals surface area contributed by atoms with Gasteiger partial charge < -0.3 is 15.3 Å². The number of nitrogens with zero attached hydrogens (tertiary/aromatic N) is 2. The smallest absolute Gasteiger partial charge is 0.0665 e. The third kappa shape index (κ3) is 3.14. The summed E-state index contributed by atoms with van der Waals surface area (Å²) in [5.41, 5.74) is 2.08. The molecule has 1 aromatic carbocycles. The molecule has 2 N–H and O–H groups in total. The molecule has 0 aliphatic carbocycles. The van der Waals surface area contributed by atoms with Gasteiger partial charge in [-0.15, -0.1) is 0 Å². The van der Waals surface area contributed by atoms with Gasteiger partial charge in [0.1, 0.15) is 0 Å². The van der Waals surface area contributed by atoms with Gasteiger partial charge in [0.05, 0.1) is 12.1 Å². The zero-order chi connectivity index (χ0) is 14.6. The van der Waals surface area contributed by atoms with Gasteiger partial charge in [0, 0.05) is 39.4 Å². The first kappa shape index (κ1) is 15.3. The van der Waals surface area contributed by atoms with E-state index in [0.29, 0.717) is 0 Å². The van der Waals surface area contributed by atoms with Gasteiger partial charge in [-0.25, -0.2) is 0 Å². The molecule has 20 heavy (non-hydrogen) atoms. The van der Waals surface area contributed by atoms with Gasteiger partial charge in [0.25, 0.3) is 0 Å². The van der Waals surface area contributed by atoms with Crippen LogP contribution >= 0.6 is 0 Å². The van der Waals surface area contributed by atoms with Gasteiger partial charge in [-0.05, 0) is 37.6 Å². The lowest BCUT2D eigenvalue weighted by atomic mass is 9.90. The lowest BCUT2D eigenvalue weighted by Gasteiger charge is -2.40. The first-order valence-electron chi connectivity index (χ1n) is 7.42. The lowest BCUT2D eigenvalue weighted by Crippen LogP contribution is -2.48. The summed E-state index contributed by atoms with van der Waals surface area (Å²) in [6, 6.07) is 8.53. The van der Waals surface area contributed by atoms with Gasteiger partial charge in [0.2, 0.25) is 0 Å². The summed E-state index contributed by atoms with van der Waals surface area (Å²) < 4.78 is 0. The zero-order valence-corrected chi connectivity index (χ0v) is 12.9. The van der Waals surface area contributed by atoms with Crippen LogP contribution in [0.25, 0.3) is 0 Å². The van der Waals surface area contributed by atoms with E-state index in [1.807, 2.05) is 14.1 Å². The van der Waals surface area contributed by atoms with Crippen molar-refractivity contribution >= 4 is 5.69 Å². The van der Waals surface area contributed by atoms with Crippen molar-refractivity contribution in [3.05, 3.63) is 29.8 Å². The highest BCUT2D eigenvalue weighted by molar-refractivity contribution is 5.47. The molecule has 0 radical (unpaired) electrons. The van der Waals surface area contributed by atoms with Crippen LogP contribution < -0.4 is 10.2 Å². The fourth-order valence-electron chi connectivity index (χ4n) is 2.83. The Balaban J connectivity index is 2.24. The van der Waals surface area contributed by atoms with Gasteiger partial charge in [-0.2, -0.15) is 0 Å². The number of nitrogens with one attached hydrogen (secondary N) is 1. The lowest BCUT2D eigenvalue weighted by molar-refractivity contribution is 0.0453. The largest absolute Gasteiger partial charge is 0.394 e. The van der Waals surface area contributed by atoms with E-state index in [4.69, 9.17) is 0 Å². The molecule has 1 unspecified atom stereocenters. The van der Waals surface area contributed by atoms with E-state index in [9.17, 15) is 5.11 Å². The van der Waals surface area contributed by atoms with E-state index in [2.05, 4.69) is 46.3 Å². The van der Waals surface area contributed by atoms with Crippen LogP contribution in [0.15, 0.2) is 24.3 Å². The predicted octanol–water partition coefficient (Wildman–Crippen LogP) is 1.26. The van der Waals surface area contributed by atoms with Crippen LogP contribution in [-0.4, -0.2) is 56.9 Å². The van der Waals surface area contributed by atoms with E-state index in [1.54, 1.807) is 0 Å². The fraction of sp³-hybridized carbons (Fsp3) is 0.625. The molecule has 1 saturated heterocycles. The minimum absolute atomic E-state index is 0.147. The van der Waals surface area contributed by atoms with Gasteiger partial charge in [0.15, 0.2) is 0 Å². The molecule has 0 aromatic heterocycles. The van der Waals surface area contributed by atoms with Crippen molar-refractivity contribution in [1.82, 2.24) is 10.2 Å². The van der Waals surface area contributed by atoms with E-state index < -0.39 is 0 Å². The normalized spacial score (nSPS) is 20.2. The Hall–Kier alpha value is -1.10. The number of aliphatic hydroxyl groups excluding tert-OH is 1. The first-order chi connectivity index (χ1) is 9.58. The van der Waals surface area contributed by atoms with Crippen LogP contribution in [0.3, 0.4) is 0 Å². The van der Waals surface area contributed by atoms with Crippen LogP contribution in [0.4, 0.5) is 5.69 Å². The number of anilines is 1. The second-order valence-corrected chi connectivity index (χ2v) is 5.96. The molecule has 1 heterocycles. The van der Waals surface area contributed by atoms with Crippen molar-refractivity contribution in [2.75, 3.05) is 51.8 Å². The number of benzene rings is 1. The topological polar surface area (TPSA) is 38.7 Å². The molecular weight excluding hydrogens is 250 g/mol. The number of hydrogen-bond donors (Lipinski definition) is 2. The summed E-state index contributed by atoms with van der Waals surface area (Å²) in [6.45, 7) is 6.35. The van der Waals surface area contributed by atoms with E-state index in [0.717, 1.165) is 32.6 Å².